The van der Waals surface area contributed by atoms with Crippen LogP contribution in [0.3, 0.4) is 0 Å². The fourth-order valence-corrected chi connectivity index (χ4v) is 2.84. The van der Waals surface area contributed by atoms with Gasteiger partial charge in [-0.25, -0.2) is 4.39 Å². The van der Waals surface area contributed by atoms with E-state index in [4.69, 9.17) is 4.74 Å². The van der Waals surface area contributed by atoms with Gasteiger partial charge in [-0.05, 0) is 51.7 Å². The lowest BCUT2D eigenvalue weighted by molar-refractivity contribution is 0.0854. The van der Waals surface area contributed by atoms with Crippen molar-refractivity contribution in [3.8, 4) is 5.75 Å². The summed E-state index contributed by atoms with van der Waals surface area (Å²) in [6.45, 7) is 2.35. The van der Waals surface area contributed by atoms with Crippen molar-refractivity contribution in [2.45, 2.75) is 18.9 Å². The minimum Gasteiger partial charge on any atom is -0.496 e. The van der Waals surface area contributed by atoms with Crippen molar-refractivity contribution in [2.24, 2.45) is 0 Å². The summed E-state index contributed by atoms with van der Waals surface area (Å²) in [5.41, 5.74) is 0.313. The second-order valence-corrected chi connectivity index (χ2v) is 5.74. The highest BCUT2D eigenvalue weighted by molar-refractivity contribution is 6.00. The smallest absolute Gasteiger partial charge is 0.180 e. The van der Waals surface area contributed by atoms with Crippen LogP contribution < -0.4 is 4.74 Å². The van der Waals surface area contributed by atoms with Crippen LogP contribution in [0.25, 0.3) is 0 Å². The molecule has 1 heterocycles. The lowest BCUT2D eigenvalue weighted by atomic mass is 10.0. The molecule has 1 aliphatic rings. The Morgan fingerprint density at radius 3 is 2.95 bits per heavy atom. The maximum absolute atomic E-state index is 13.4. The molecule has 0 amide bonds. The molecule has 1 atom stereocenters. The molecule has 1 fully saturated rings. The number of halogens is 1. The maximum Gasteiger partial charge on any atom is 0.180 e. The van der Waals surface area contributed by atoms with E-state index in [1.165, 1.54) is 25.3 Å². The van der Waals surface area contributed by atoms with Gasteiger partial charge < -0.3 is 9.64 Å². The lowest BCUT2D eigenvalue weighted by Crippen LogP contribution is -2.46. The second kappa shape index (κ2) is 7.00. The second-order valence-electron chi connectivity index (χ2n) is 5.74. The van der Waals surface area contributed by atoms with Crippen molar-refractivity contribution in [3.05, 3.63) is 29.6 Å². The SMILES string of the molecule is COc1ccc(F)cc1C(=O)CN(C)C1CCCN(C)C1. The molecular formula is C16H23FN2O2. The van der Waals surface area contributed by atoms with E-state index < -0.39 is 5.82 Å². The molecule has 0 spiro atoms. The molecule has 116 valence electrons. The fourth-order valence-electron chi connectivity index (χ4n) is 2.84. The largest absolute Gasteiger partial charge is 0.496 e. The number of hydrogen-bond donors (Lipinski definition) is 0. The Morgan fingerprint density at radius 1 is 1.52 bits per heavy atom. The summed E-state index contributed by atoms with van der Waals surface area (Å²) in [5.74, 6) is -0.100. The lowest BCUT2D eigenvalue weighted by Gasteiger charge is -2.35. The zero-order valence-electron chi connectivity index (χ0n) is 12.9. The molecule has 0 bridgehead atoms. The number of rotatable bonds is 5. The molecule has 5 heteroatoms. The molecule has 1 aromatic rings. The molecule has 1 saturated heterocycles. The van der Waals surface area contributed by atoms with E-state index in [1.807, 2.05) is 7.05 Å². The average Bonchev–Trinajstić information content (AvgIpc) is 2.47. The molecule has 1 aromatic carbocycles. The minimum atomic E-state index is -0.417. The zero-order chi connectivity index (χ0) is 15.4. The Kier molecular flexibility index (Phi) is 5.31. The van der Waals surface area contributed by atoms with Crippen LogP contribution in [-0.4, -0.2) is 62.5 Å². The molecule has 1 aliphatic heterocycles. The van der Waals surface area contributed by atoms with Crippen molar-refractivity contribution >= 4 is 5.78 Å². The number of carbonyl (C=O) groups excluding carboxylic acids is 1. The predicted molar refractivity (Wildman–Crippen MR) is 80.4 cm³/mol. The molecule has 1 unspecified atom stereocenters. The summed E-state index contributed by atoms with van der Waals surface area (Å²) in [7, 11) is 5.54. The third-order valence-corrected chi connectivity index (χ3v) is 4.08. The van der Waals surface area contributed by atoms with Gasteiger partial charge in [-0.3, -0.25) is 9.69 Å². The third-order valence-electron chi connectivity index (χ3n) is 4.08. The van der Waals surface area contributed by atoms with E-state index in [0.717, 1.165) is 25.9 Å². The van der Waals surface area contributed by atoms with E-state index >= 15 is 0 Å². The van der Waals surface area contributed by atoms with E-state index in [0.29, 0.717) is 17.4 Å². The highest BCUT2D eigenvalue weighted by atomic mass is 19.1. The Labute approximate surface area is 125 Å². The van der Waals surface area contributed by atoms with Crippen molar-refractivity contribution in [3.63, 3.8) is 0 Å². The predicted octanol–water partition coefficient (Wildman–Crippen LogP) is 2.04. The van der Waals surface area contributed by atoms with Gasteiger partial charge in [-0.1, -0.05) is 0 Å². The van der Waals surface area contributed by atoms with Crippen LogP contribution in [0.4, 0.5) is 4.39 Å². The molecule has 0 saturated carbocycles. The quantitative estimate of drug-likeness (QED) is 0.778. The van der Waals surface area contributed by atoms with Crippen LogP contribution in [-0.2, 0) is 0 Å². The van der Waals surface area contributed by atoms with E-state index in [1.54, 1.807) is 0 Å². The molecule has 0 aliphatic carbocycles. The maximum atomic E-state index is 13.4. The van der Waals surface area contributed by atoms with E-state index in [9.17, 15) is 9.18 Å². The van der Waals surface area contributed by atoms with Crippen LogP contribution in [0.1, 0.15) is 23.2 Å². The molecule has 0 aromatic heterocycles. The van der Waals surface area contributed by atoms with Gasteiger partial charge in [0.1, 0.15) is 11.6 Å². The van der Waals surface area contributed by atoms with Crippen LogP contribution in [0, 0.1) is 5.82 Å². The highest BCUT2D eigenvalue weighted by Gasteiger charge is 2.24. The number of hydrogen-bond acceptors (Lipinski definition) is 4. The number of Topliss-reactive ketones (excluding diaryl/α,β-unsaturated/α-hetero) is 1. The number of nitrogens with zero attached hydrogens (tertiary/aromatic N) is 2. The first-order valence-corrected chi connectivity index (χ1v) is 7.26. The molecule has 0 N–H and O–H groups in total. The molecule has 21 heavy (non-hydrogen) atoms. The number of carbonyl (C=O) groups is 1. The zero-order valence-corrected chi connectivity index (χ0v) is 12.9. The Morgan fingerprint density at radius 2 is 2.29 bits per heavy atom. The van der Waals surface area contributed by atoms with Gasteiger partial charge in [0.2, 0.25) is 0 Å². The van der Waals surface area contributed by atoms with Crippen LogP contribution in [0.5, 0.6) is 5.75 Å². The van der Waals surface area contributed by atoms with Gasteiger partial charge in [-0.15, -0.1) is 0 Å². The summed E-state index contributed by atoms with van der Waals surface area (Å²) in [6.07, 6.45) is 2.23. The Balaban J connectivity index is 2.05. The topological polar surface area (TPSA) is 32.8 Å². The van der Waals surface area contributed by atoms with Gasteiger partial charge in [-0.2, -0.15) is 0 Å². The van der Waals surface area contributed by atoms with Gasteiger partial charge in [0.25, 0.3) is 0 Å². The van der Waals surface area contributed by atoms with E-state index in [-0.39, 0.29) is 12.3 Å². The Bertz CT molecular complexity index is 507. The van der Waals surface area contributed by atoms with Crippen LogP contribution in [0.15, 0.2) is 18.2 Å². The minimum absolute atomic E-state index is 0.109. The fraction of sp³-hybridized carbons (Fsp3) is 0.562. The first-order valence-electron chi connectivity index (χ1n) is 7.26. The standard InChI is InChI=1S/C16H23FN2O2/c1-18-8-4-5-13(10-18)19(2)11-15(20)14-9-12(17)6-7-16(14)21-3/h6-7,9,13H,4-5,8,10-11H2,1-3H3. The number of piperidine rings is 1. The molecule has 2 rings (SSSR count). The van der Waals surface area contributed by atoms with Crippen LogP contribution >= 0.6 is 0 Å². The third kappa shape index (κ3) is 4.02. The van der Waals surface area contributed by atoms with Crippen molar-refractivity contribution in [1.29, 1.82) is 0 Å². The number of benzene rings is 1. The Hall–Kier alpha value is -1.46. The van der Waals surface area contributed by atoms with Crippen LogP contribution in [0.2, 0.25) is 0 Å². The van der Waals surface area contributed by atoms with Crippen molar-refractivity contribution in [2.75, 3.05) is 40.8 Å². The number of likely N-dealkylation sites (tertiary alicyclic amines) is 1. The van der Waals surface area contributed by atoms with Gasteiger partial charge >= 0.3 is 0 Å². The molecule has 0 radical (unpaired) electrons. The van der Waals surface area contributed by atoms with Gasteiger partial charge in [0.15, 0.2) is 5.78 Å². The van der Waals surface area contributed by atoms with Crippen molar-refractivity contribution in [1.82, 2.24) is 9.80 Å². The normalized spacial score (nSPS) is 19.8. The summed E-state index contributed by atoms with van der Waals surface area (Å²) in [6, 6.07) is 4.42. The molecule has 4 nitrogen and oxygen atoms in total. The number of ether oxygens (including phenoxy) is 1. The monoisotopic (exact) mass is 294 g/mol. The van der Waals surface area contributed by atoms with E-state index in [2.05, 4.69) is 16.8 Å². The summed E-state index contributed by atoms with van der Waals surface area (Å²) in [4.78, 5) is 16.7. The number of likely N-dealkylation sites (N-methyl/N-ethyl adjacent to an activating group) is 2. The van der Waals surface area contributed by atoms with Gasteiger partial charge in [0, 0.05) is 12.6 Å². The molecular weight excluding hydrogens is 271 g/mol. The van der Waals surface area contributed by atoms with Crippen molar-refractivity contribution < 1.29 is 13.9 Å². The summed E-state index contributed by atoms with van der Waals surface area (Å²) >= 11 is 0. The first kappa shape index (κ1) is 15.9. The summed E-state index contributed by atoms with van der Waals surface area (Å²) < 4.78 is 18.5. The first-order chi connectivity index (χ1) is 10.0. The average molecular weight is 294 g/mol. The number of ketones is 1. The number of methoxy groups -OCH3 is 1. The highest BCUT2D eigenvalue weighted by Crippen LogP contribution is 2.21. The van der Waals surface area contributed by atoms with Gasteiger partial charge in [0.05, 0.1) is 19.2 Å². The summed E-state index contributed by atoms with van der Waals surface area (Å²) in [5, 5.41) is 0.